The molecule has 12 nitrogen and oxygen atoms in total. The van der Waals surface area contributed by atoms with Crippen LogP contribution in [-0.2, 0) is 9.59 Å². The Bertz CT molecular complexity index is 1940. The van der Waals surface area contributed by atoms with Crippen LogP contribution in [0.25, 0.3) is 5.65 Å². The number of piperidine rings is 2. The van der Waals surface area contributed by atoms with Crippen LogP contribution in [0.3, 0.4) is 0 Å². The minimum atomic E-state index is -2.71. The van der Waals surface area contributed by atoms with Crippen LogP contribution >= 0.6 is 0 Å². The molecular formula is C41H52F2N8O4. The van der Waals surface area contributed by atoms with Crippen LogP contribution in [-0.4, -0.2) is 82.4 Å². The van der Waals surface area contributed by atoms with Crippen molar-refractivity contribution in [2.24, 2.45) is 0 Å². The van der Waals surface area contributed by atoms with Crippen LogP contribution in [0.4, 0.5) is 26.0 Å². The van der Waals surface area contributed by atoms with Crippen LogP contribution in [0, 0.1) is 0 Å². The third-order valence-corrected chi connectivity index (χ3v) is 10.4. The highest BCUT2D eigenvalue weighted by Crippen LogP contribution is 2.33. The third kappa shape index (κ3) is 10.4. The van der Waals surface area contributed by atoms with Crippen LogP contribution in [0.15, 0.2) is 60.9 Å². The first-order chi connectivity index (χ1) is 26.4. The summed E-state index contributed by atoms with van der Waals surface area (Å²) in [4.78, 5) is 49.3. The molecule has 2 saturated heterocycles. The van der Waals surface area contributed by atoms with E-state index in [0.29, 0.717) is 36.2 Å². The van der Waals surface area contributed by atoms with E-state index in [0.717, 1.165) is 37.3 Å². The van der Waals surface area contributed by atoms with Gasteiger partial charge in [0.2, 0.25) is 11.8 Å². The van der Waals surface area contributed by atoms with Crippen LogP contribution in [0.2, 0.25) is 0 Å². The number of imide groups is 1. The van der Waals surface area contributed by atoms with Gasteiger partial charge in [0, 0.05) is 61.3 Å². The zero-order valence-electron chi connectivity index (χ0n) is 32.1. The van der Waals surface area contributed by atoms with Gasteiger partial charge in [0.25, 0.3) is 12.3 Å². The van der Waals surface area contributed by atoms with Gasteiger partial charge in [-0.2, -0.15) is 0 Å². The van der Waals surface area contributed by atoms with E-state index in [1.54, 1.807) is 12.3 Å². The number of hydrogen-bond acceptors (Lipinski definition) is 9. The lowest BCUT2D eigenvalue weighted by atomic mass is 9.87. The molecule has 0 bridgehead atoms. The Morgan fingerprint density at radius 1 is 0.945 bits per heavy atom. The topological polar surface area (TPSA) is 133 Å². The highest BCUT2D eigenvalue weighted by Gasteiger charge is 2.27. The second-order valence-corrected chi connectivity index (χ2v) is 15.1. The molecule has 55 heavy (non-hydrogen) atoms. The van der Waals surface area contributed by atoms with E-state index in [1.807, 2.05) is 36.6 Å². The zero-order valence-corrected chi connectivity index (χ0v) is 32.1. The Morgan fingerprint density at radius 2 is 1.67 bits per heavy atom. The van der Waals surface area contributed by atoms with Crippen molar-refractivity contribution in [2.75, 3.05) is 42.7 Å². The number of ether oxygens (including phenoxy) is 1. The maximum atomic E-state index is 13.0. The molecule has 4 aromatic rings. The van der Waals surface area contributed by atoms with Gasteiger partial charge >= 0.3 is 0 Å². The summed E-state index contributed by atoms with van der Waals surface area (Å²) in [6, 6.07) is 14.5. The molecule has 3 amide bonds. The fourth-order valence-corrected chi connectivity index (χ4v) is 7.42. The number of aromatic nitrogens is 3. The third-order valence-electron chi connectivity index (χ3n) is 10.4. The highest BCUT2D eigenvalue weighted by molar-refractivity contribution is 6.06. The number of amides is 3. The summed E-state index contributed by atoms with van der Waals surface area (Å²) in [5.74, 6) is -0.0144. The summed E-state index contributed by atoms with van der Waals surface area (Å²) in [6.45, 7) is 5.89. The lowest BCUT2D eigenvalue weighted by Crippen LogP contribution is -2.47. The number of rotatable bonds is 10. The smallest absolute Gasteiger partial charge is 0.280 e. The predicted octanol–water partition coefficient (Wildman–Crippen LogP) is 7.19. The van der Waals surface area contributed by atoms with Gasteiger partial charge in [0.1, 0.15) is 29.0 Å². The van der Waals surface area contributed by atoms with Gasteiger partial charge in [0.15, 0.2) is 0 Å². The van der Waals surface area contributed by atoms with Gasteiger partial charge in [0.05, 0.1) is 17.4 Å². The Labute approximate surface area is 321 Å². The maximum absolute atomic E-state index is 13.0. The Morgan fingerprint density at radius 3 is 2.33 bits per heavy atom. The zero-order chi connectivity index (χ0) is 39.1. The molecule has 3 N–H and O–H groups in total. The summed E-state index contributed by atoms with van der Waals surface area (Å²) in [7, 11) is 4.30. The number of hydrogen-bond donors (Lipinski definition) is 3. The molecule has 294 valence electrons. The average Bonchev–Trinajstić information content (AvgIpc) is 3.59. The van der Waals surface area contributed by atoms with Gasteiger partial charge in [-0.3, -0.25) is 19.7 Å². The van der Waals surface area contributed by atoms with Gasteiger partial charge in [-0.25, -0.2) is 18.7 Å². The molecule has 14 heteroatoms. The number of alkyl halides is 2. The molecule has 2 aliphatic heterocycles. The SMILES string of the molecule is CC(C)Oc1cc2nc(C3CCCCC3)cn2cc1C(=O)Nc1cccc(C(F)F)n1.CN(C)C1CCN(c2ccc(NC3CCC(=O)NC3=O)cc2)CC1. The van der Waals surface area contributed by atoms with E-state index in [1.165, 1.54) is 56.0 Å². The predicted molar refractivity (Wildman–Crippen MR) is 209 cm³/mol. The molecule has 1 aliphatic carbocycles. The molecule has 1 atom stereocenters. The number of carbonyl (C=O) groups is 3. The van der Waals surface area contributed by atoms with Gasteiger partial charge < -0.3 is 29.6 Å². The second-order valence-electron chi connectivity index (χ2n) is 15.1. The number of nitrogens with one attached hydrogen (secondary N) is 3. The fraction of sp³-hybridized carbons (Fsp3) is 0.488. The lowest BCUT2D eigenvalue weighted by Gasteiger charge is -2.36. The van der Waals surface area contributed by atoms with E-state index in [-0.39, 0.29) is 35.3 Å². The number of benzene rings is 1. The summed E-state index contributed by atoms with van der Waals surface area (Å²) >= 11 is 0. The van der Waals surface area contributed by atoms with E-state index in [9.17, 15) is 23.2 Å². The molecule has 0 spiro atoms. The summed E-state index contributed by atoms with van der Waals surface area (Å²) < 4.78 is 33.6. The number of imidazole rings is 1. The van der Waals surface area contributed by atoms with Gasteiger partial charge in [-0.1, -0.05) is 25.3 Å². The number of nitrogens with zero attached hydrogens (tertiary/aromatic N) is 5. The highest BCUT2D eigenvalue weighted by atomic mass is 19.3. The Kier molecular flexibility index (Phi) is 13.0. The van der Waals surface area contributed by atoms with Gasteiger partial charge in [-0.05, 0) is 96.4 Å². The van der Waals surface area contributed by atoms with Crippen LogP contribution in [0.5, 0.6) is 5.75 Å². The number of anilines is 3. The lowest BCUT2D eigenvalue weighted by molar-refractivity contribution is -0.133. The molecule has 3 fully saturated rings. The minimum Gasteiger partial charge on any atom is -0.490 e. The van der Waals surface area contributed by atoms with Crippen molar-refractivity contribution in [1.29, 1.82) is 0 Å². The van der Waals surface area contributed by atoms with E-state index in [2.05, 4.69) is 57.0 Å². The van der Waals surface area contributed by atoms with Crippen molar-refractivity contribution < 1.29 is 27.9 Å². The number of fused-ring (bicyclic) bond motifs is 1. The maximum Gasteiger partial charge on any atom is 0.280 e. The summed E-state index contributed by atoms with van der Waals surface area (Å²) in [5.41, 5.74) is 3.78. The normalized spacial score (nSPS) is 18.3. The molecule has 1 saturated carbocycles. The first-order valence-corrected chi connectivity index (χ1v) is 19.3. The van der Waals surface area contributed by atoms with Crippen molar-refractivity contribution in [3.05, 3.63) is 77.9 Å². The van der Waals surface area contributed by atoms with Crippen molar-refractivity contribution >= 4 is 40.6 Å². The van der Waals surface area contributed by atoms with Crippen molar-refractivity contribution in [2.45, 2.75) is 102 Å². The molecule has 5 heterocycles. The van der Waals surface area contributed by atoms with Crippen molar-refractivity contribution in [1.82, 2.24) is 24.6 Å². The quantitative estimate of drug-likeness (QED) is 0.144. The number of pyridine rings is 2. The van der Waals surface area contributed by atoms with Crippen LogP contribution < -0.4 is 25.6 Å². The minimum absolute atomic E-state index is 0.0620. The van der Waals surface area contributed by atoms with E-state index >= 15 is 0 Å². The number of halogens is 2. The monoisotopic (exact) mass is 758 g/mol. The molecule has 1 aromatic carbocycles. The van der Waals surface area contributed by atoms with Crippen molar-refractivity contribution in [3.63, 3.8) is 0 Å². The Balaban J connectivity index is 0.000000193. The fourth-order valence-electron chi connectivity index (χ4n) is 7.42. The summed E-state index contributed by atoms with van der Waals surface area (Å²) in [6.07, 6.45) is 10.0. The molecule has 3 aromatic heterocycles. The molecular weight excluding hydrogens is 706 g/mol. The standard InChI is InChI=1S/C23H26F2N4O2.C18H26N4O2/c1-14(2)31-19-11-21-27-18(15-7-4-3-5-8-15)13-29(21)12-16(19)23(30)28-20-10-6-9-17(26-20)22(24)25;1-21(2)14-9-11-22(12-10-14)15-5-3-13(4-6-15)19-16-7-8-17(23)20-18(16)24/h6,9-15,22H,3-5,7-8H2,1-2H3,(H,26,28,30);3-6,14,16,19H,7-12H2,1-2H3,(H,20,23,24). The second kappa shape index (κ2) is 18.0. The van der Waals surface area contributed by atoms with E-state index in [4.69, 9.17) is 9.72 Å². The molecule has 0 radical (unpaired) electrons. The Hall–Kier alpha value is -5.11. The largest absolute Gasteiger partial charge is 0.490 e. The number of carbonyl (C=O) groups excluding carboxylic acids is 3. The van der Waals surface area contributed by atoms with Gasteiger partial charge in [-0.15, -0.1) is 0 Å². The molecule has 1 unspecified atom stereocenters. The average molecular weight is 759 g/mol. The van der Waals surface area contributed by atoms with Crippen LogP contribution in [0.1, 0.15) is 106 Å². The first-order valence-electron chi connectivity index (χ1n) is 19.3. The van der Waals surface area contributed by atoms with E-state index < -0.39 is 18.0 Å². The van der Waals surface area contributed by atoms with Crippen molar-refractivity contribution in [3.8, 4) is 5.75 Å². The molecule has 3 aliphatic rings. The molecule has 7 rings (SSSR count). The first kappa shape index (κ1) is 39.6. The summed E-state index contributed by atoms with van der Waals surface area (Å²) in [5, 5.41) is 8.19.